The summed E-state index contributed by atoms with van der Waals surface area (Å²) in [4.78, 5) is 0. The third-order valence-electron chi connectivity index (χ3n) is 1.57. The predicted molar refractivity (Wildman–Crippen MR) is 49.3 cm³/mol. The van der Waals surface area contributed by atoms with Crippen LogP contribution in [0.2, 0.25) is 0 Å². The third-order valence-corrected chi connectivity index (χ3v) is 2.55. The van der Waals surface area contributed by atoms with Gasteiger partial charge in [-0.05, 0) is 6.07 Å². The van der Waals surface area contributed by atoms with E-state index in [9.17, 15) is 26.0 Å². The first kappa shape index (κ1) is 12.6. The molecule has 90 valence electrons. The summed E-state index contributed by atoms with van der Waals surface area (Å²) in [5.41, 5.74) is 3.62. The first-order chi connectivity index (χ1) is 7.24. The maximum absolute atomic E-state index is 13.0. The van der Waals surface area contributed by atoms with Crippen LogP contribution in [0.3, 0.4) is 0 Å². The Hall–Kier alpha value is -1.51. The molecule has 0 radical (unpaired) electrons. The molecule has 0 aromatic heterocycles. The summed E-state index contributed by atoms with van der Waals surface area (Å²) in [7, 11) is -5.00. The first-order valence-electron chi connectivity index (χ1n) is 3.78. The van der Waals surface area contributed by atoms with Crippen LogP contribution in [-0.4, -0.2) is 14.2 Å². The highest BCUT2D eigenvalue weighted by Gasteiger charge is 2.25. The van der Waals surface area contributed by atoms with Crippen LogP contribution in [-0.2, 0) is 10.0 Å². The standard InChI is InChI=1S/C7H6F4N2O2S/c8-3-1-4(9)6(2-5(3)12)13-16(14,15)7(10)11/h1-2,7,13H,12H2. The van der Waals surface area contributed by atoms with Gasteiger partial charge in [-0.3, -0.25) is 4.72 Å². The molecule has 9 heteroatoms. The smallest absolute Gasteiger partial charge is 0.355 e. The molecule has 1 aromatic carbocycles. The number of nitrogens with two attached hydrogens (primary N) is 1. The van der Waals surface area contributed by atoms with E-state index in [4.69, 9.17) is 5.73 Å². The molecule has 0 bridgehead atoms. The highest BCUT2D eigenvalue weighted by molar-refractivity contribution is 7.93. The van der Waals surface area contributed by atoms with Gasteiger partial charge >= 0.3 is 5.76 Å². The molecule has 16 heavy (non-hydrogen) atoms. The molecule has 1 aromatic rings. The van der Waals surface area contributed by atoms with Gasteiger partial charge in [0.05, 0.1) is 11.4 Å². The summed E-state index contributed by atoms with van der Waals surface area (Å²) in [6.45, 7) is 0. The number of alkyl halides is 2. The number of nitrogen functional groups attached to an aromatic ring is 1. The molecule has 0 aliphatic carbocycles. The zero-order valence-corrected chi connectivity index (χ0v) is 8.36. The van der Waals surface area contributed by atoms with Gasteiger partial charge < -0.3 is 5.73 Å². The molecule has 0 saturated carbocycles. The summed E-state index contributed by atoms with van der Waals surface area (Å²) in [6, 6.07) is 0.864. The summed E-state index contributed by atoms with van der Waals surface area (Å²) in [5.74, 6) is -6.17. The Kier molecular flexibility index (Phi) is 3.27. The van der Waals surface area contributed by atoms with Crippen LogP contribution in [0.15, 0.2) is 12.1 Å². The Morgan fingerprint density at radius 3 is 2.25 bits per heavy atom. The zero-order valence-electron chi connectivity index (χ0n) is 7.55. The molecule has 0 fully saturated rings. The van der Waals surface area contributed by atoms with Gasteiger partial charge in [-0.15, -0.1) is 0 Å². The number of benzene rings is 1. The molecule has 0 aliphatic heterocycles. The van der Waals surface area contributed by atoms with E-state index in [-0.39, 0.29) is 0 Å². The minimum Gasteiger partial charge on any atom is -0.396 e. The molecule has 0 spiro atoms. The Bertz CT molecular complexity index is 503. The van der Waals surface area contributed by atoms with Crippen molar-refractivity contribution < 1.29 is 26.0 Å². The highest BCUT2D eigenvalue weighted by atomic mass is 32.2. The van der Waals surface area contributed by atoms with Gasteiger partial charge in [0.1, 0.15) is 11.6 Å². The van der Waals surface area contributed by atoms with Gasteiger partial charge in [0, 0.05) is 6.07 Å². The second-order valence-electron chi connectivity index (χ2n) is 2.76. The molecule has 0 heterocycles. The lowest BCUT2D eigenvalue weighted by atomic mass is 10.2. The Morgan fingerprint density at radius 1 is 1.19 bits per heavy atom. The molecular weight excluding hydrogens is 252 g/mol. The number of halogens is 4. The van der Waals surface area contributed by atoms with Gasteiger partial charge in [0.15, 0.2) is 0 Å². The van der Waals surface area contributed by atoms with Crippen molar-refractivity contribution >= 4 is 21.4 Å². The second kappa shape index (κ2) is 4.16. The van der Waals surface area contributed by atoms with Crippen molar-refractivity contribution in [3.63, 3.8) is 0 Å². The summed E-state index contributed by atoms with van der Waals surface area (Å²) >= 11 is 0. The van der Waals surface area contributed by atoms with E-state index >= 15 is 0 Å². The third kappa shape index (κ3) is 2.54. The van der Waals surface area contributed by atoms with Crippen molar-refractivity contribution in [1.82, 2.24) is 0 Å². The van der Waals surface area contributed by atoms with E-state index in [0.29, 0.717) is 12.1 Å². The monoisotopic (exact) mass is 258 g/mol. The molecule has 0 aliphatic rings. The summed E-state index contributed by atoms with van der Waals surface area (Å²) in [6.07, 6.45) is 0. The van der Waals surface area contributed by atoms with Crippen LogP contribution in [0.25, 0.3) is 0 Å². The fraction of sp³-hybridized carbons (Fsp3) is 0.143. The quantitative estimate of drug-likeness (QED) is 0.637. The lowest BCUT2D eigenvalue weighted by Gasteiger charge is -2.08. The second-order valence-corrected chi connectivity index (χ2v) is 4.41. The van der Waals surface area contributed by atoms with Crippen LogP contribution in [0.1, 0.15) is 0 Å². The lowest BCUT2D eigenvalue weighted by molar-refractivity contribution is 0.236. The Labute approximate surface area is 88.1 Å². The topological polar surface area (TPSA) is 72.2 Å². The van der Waals surface area contributed by atoms with Gasteiger partial charge in [-0.2, -0.15) is 8.78 Å². The average molecular weight is 258 g/mol. The maximum Gasteiger partial charge on any atom is 0.355 e. The Balaban J connectivity index is 3.13. The molecule has 0 atom stereocenters. The van der Waals surface area contributed by atoms with Crippen LogP contribution < -0.4 is 10.5 Å². The van der Waals surface area contributed by atoms with E-state index in [0.717, 1.165) is 0 Å². The van der Waals surface area contributed by atoms with E-state index in [1.165, 1.54) is 4.72 Å². The van der Waals surface area contributed by atoms with Crippen molar-refractivity contribution in [2.45, 2.75) is 5.76 Å². The Morgan fingerprint density at radius 2 is 1.75 bits per heavy atom. The largest absolute Gasteiger partial charge is 0.396 e. The van der Waals surface area contributed by atoms with E-state index in [1.54, 1.807) is 0 Å². The number of anilines is 2. The minimum absolute atomic E-state index is 0.290. The number of rotatable bonds is 3. The van der Waals surface area contributed by atoms with Crippen molar-refractivity contribution in [3.05, 3.63) is 23.8 Å². The minimum atomic E-state index is -5.00. The van der Waals surface area contributed by atoms with Crippen LogP contribution >= 0.6 is 0 Å². The van der Waals surface area contributed by atoms with Crippen molar-refractivity contribution in [3.8, 4) is 0 Å². The molecule has 1 rings (SSSR count). The van der Waals surface area contributed by atoms with Gasteiger partial charge in [0.2, 0.25) is 0 Å². The van der Waals surface area contributed by atoms with Crippen molar-refractivity contribution in [2.24, 2.45) is 0 Å². The summed E-state index contributed by atoms with van der Waals surface area (Å²) in [5, 5.41) is 0. The van der Waals surface area contributed by atoms with E-state index in [1.807, 2.05) is 0 Å². The first-order valence-corrected chi connectivity index (χ1v) is 5.33. The molecule has 0 amide bonds. The zero-order chi connectivity index (χ0) is 12.5. The van der Waals surface area contributed by atoms with Crippen LogP contribution in [0, 0.1) is 11.6 Å². The van der Waals surface area contributed by atoms with Crippen LogP contribution in [0.4, 0.5) is 28.9 Å². The van der Waals surface area contributed by atoms with E-state index in [2.05, 4.69) is 0 Å². The number of sulfonamides is 1. The summed E-state index contributed by atoms with van der Waals surface area (Å²) < 4.78 is 72.1. The molecule has 0 unspecified atom stereocenters. The number of hydrogen-bond donors (Lipinski definition) is 2. The number of hydrogen-bond acceptors (Lipinski definition) is 3. The SMILES string of the molecule is Nc1cc(NS(=O)(=O)C(F)F)c(F)cc1F. The molecule has 3 N–H and O–H groups in total. The van der Waals surface area contributed by atoms with Crippen LogP contribution in [0.5, 0.6) is 0 Å². The molecule has 4 nitrogen and oxygen atoms in total. The average Bonchev–Trinajstić information content (AvgIpc) is 2.13. The predicted octanol–water partition coefficient (Wildman–Crippen LogP) is 1.51. The van der Waals surface area contributed by atoms with Gasteiger partial charge in [-0.1, -0.05) is 0 Å². The molecular formula is C7H6F4N2O2S. The normalized spacial score (nSPS) is 11.8. The lowest BCUT2D eigenvalue weighted by Crippen LogP contribution is -2.21. The van der Waals surface area contributed by atoms with Gasteiger partial charge in [0.25, 0.3) is 10.0 Å². The van der Waals surface area contributed by atoms with Crippen molar-refractivity contribution in [2.75, 3.05) is 10.5 Å². The fourth-order valence-electron chi connectivity index (χ4n) is 0.842. The maximum atomic E-state index is 13.0. The number of nitrogens with one attached hydrogen (secondary N) is 1. The van der Waals surface area contributed by atoms with E-state index < -0.39 is 38.8 Å². The molecule has 0 saturated heterocycles. The van der Waals surface area contributed by atoms with Crippen molar-refractivity contribution in [1.29, 1.82) is 0 Å². The highest BCUT2D eigenvalue weighted by Crippen LogP contribution is 2.23. The fourth-order valence-corrected chi connectivity index (χ4v) is 1.39. The van der Waals surface area contributed by atoms with Gasteiger partial charge in [-0.25, -0.2) is 17.2 Å².